The number of piperidine rings is 1. The highest BCUT2D eigenvalue weighted by molar-refractivity contribution is 4.82. The number of aliphatic hydroxyl groups is 1. The molecule has 1 aliphatic carbocycles. The van der Waals surface area contributed by atoms with Crippen molar-refractivity contribution in [3.8, 4) is 0 Å². The Kier molecular flexibility index (Phi) is 5.67. The van der Waals surface area contributed by atoms with Crippen molar-refractivity contribution in [3.63, 3.8) is 0 Å². The Morgan fingerprint density at radius 2 is 1.68 bits per heavy atom. The standard InChI is InChI=1S/C16H31NO2/c1-12-6-4-9-16(12)19-11-15(18)10-17-13(2)7-5-8-14(17)3/h12-16,18H,4-11H2,1-3H3/t12-,13-,14+,15+,16-/m0/s1. The van der Waals surface area contributed by atoms with Gasteiger partial charge in [-0.25, -0.2) is 0 Å². The highest BCUT2D eigenvalue weighted by Gasteiger charge is 2.28. The molecule has 0 amide bonds. The number of likely N-dealkylation sites (tertiary alicyclic amines) is 1. The number of nitrogens with zero attached hydrogens (tertiary/aromatic N) is 1. The summed E-state index contributed by atoms with van der Waals surface area (Å²) in [6.07, 6.45) is 7.62. The molecule has 1 heterocycles. The van der Waals surface area contributed by atoms with Crippen LogP contribution in [0, 0.1) is 5.92 Å². The first-order chi connectivity index (χ1) is 9.08. The molecule has 0 aromatic carbocycles. The van der Waals surface area contributed by atoms with Crippen LogP contribution in [-0.4, -0.2) is 47.4 Å². The van der Waals surface area contributed by atoms with Gasteiger partial charge in [-0.05, 0) is 45.4 Å². The maximum absolute atomic E-state index is 10.2. The zero-order chi connectivity index (χ0) is 13.8. The Morgan fingerprint density at radius 1 is 1.05 bits per heavy atom. The van der Waals surface area contributed by atoms with E-state index in [4.69, 9.17) is 4.74 Å². The molecule has 1 aliphatic heterocycles. The van der Waals surface area contributed by atoms with Crippen LogP contribution >= 0.6 is 0 Å². The topological polar surface area (TPSA) is 32.7 Å². The Bertz CT molecular complexity index is 261. The van der Waals surface area contributed by atoms with Gasteiger partial charge in [0.05, 0.1) is 18.8 Å². The fourth-order valence-corrected chi connectivity index (χ4v) is 3.72. The molecule has 1 saturated heterocycles. The molecule has 112 valence electrons. The molecule has 0 radical (unpaired) electrons. The lowest BCUT2D eigenvalue weighted by atomic mass is 9.97. The SMILES string of the molecule is C[C@@H]1CCC[C@H](C)N1C[C@@H](O)CO[C@H]1CCC[C@@H]1C. The third-order valence-electron chi connectivity index (χ3n) is 5.08. The van der Waals surface area contributed by atoms with Crippen LogP contribution < -0.4 is 0 Å². The largest absolute Gasteiger partial charge is 0.389 e. The lowest BCUT2D eigenvalue weighted by Gasteiger charge is -2.40. The van der Waals surface area contributed by atoms with E-state index in [0.717, 1.165) is 6.54 Å². The molecule has 1 N–H and O–H groups in total. The van der Waals surface area contributed by atoms with E-state index < -0.39 is 0 Å². The number of ether oxygens (including phenoxy) is 1. The van der Waals surface area contributed by atoms with Crippen LogP contribution in [0.15, 0.2) is 0 Å². The zero-order valence-electron chi connectivity index (χ0n) is 12.8. The van der Waals surface area contributed by atoms with Crippen molar-refractivity contribution in [2.75, 3.05) is 13.2 Å². The molecule has 0 spiro atoms. The number of aliphatic hydroxyl groups excluding tert-OH is 1. The van der Waals surface area contributed by atoms with E-state index >= 15 is 0 Å². The Morgan fingerprint density at radius 3 is 2.26 bits per heavy atom. The van der Waals surface area contributed by atoms with Crippen molar-refractivity contribution in [2.45, 2.75) is 83.6 Å². The van der Waals surface area contributed by atoms with E-state index in [1.54, 1.807) is 0 Å². The minimum absolute atomic E-state index is 0.337. The van der Waals surface area contributed by atoms with Crippen molar-refractivity contribution >= 4 is 0 Å². The number of hydrogen-bond acceptors (Lipinski definition) is 3. The predicted molar refractivity (Wildman–Crippen MR) is 78.2 cm³/mol. The highest BCUT2D eigenvalue weighted by atomic mass is 16.5. The first-order valence-electron chi connectivity index (χ1n) is 8.13. The second-order valence-electron chi connectivity index (χ2n) is 6.76. The van der Waals surface area contributed by atoms with Crippen molar-refractivity contribution in [3.05, 3.63) is 0 Å². The van der Waals surface area contributed by atoms with Gasteiger partial charge in [-0.2, -0.15) is 0 Å². The van der Waals surface area contributed by atoms with E-state index in [1.165, 1.54) is 38.5 Å². The summed E-state index contributed by atoms with van der Waals surface area (Å²) in [6, 6.07) is 1.20. The third kappa shape index (κ3) is 4.17. The molecule has 2 rings (SSSR count). The van der Waals surface area contributed by atoms with Crippen molar-refractivity contribution in [1.82, 2.24) is 4.90 Å². The first kappa shape index (κ1) is 15.3. The molecule has 3 heteroatoms. The third-order valence-corrected chi connectivity index (χ3v) is 5.08. The Hall–Kier alpha value is -0.120. The Balaban J connectivity index is 1.72. The van der Waals surface area contributed by atoms with Crippen LogP contribution in [0.3, 0.4) is 0 Å². The smallest absolute Gasteiger partial charge is 0.0900 e. The van der Waals surface area contributed by atoms with E-state index in [0.29, 0.717) is 30.7 Å². The van der Waals surface area contributed by atoms with Crippen LogP contribution in [0.1, 0.15) is 59.3 Å². The Labute approximate surface area is 118 Å². The summed E-state index contributed by atoms with van der Waals surface area (Å²) in [4.78, 5) is 2.45. The van der Waals surface area contributed by atoms with E-state index in [-0.39, 0.29) is 6.10 Å². The molecule has 0 aromatic rings. The van der Waals surface area contributed by atoms with Gasteiger partial charge < -0.3 is 9.84 Å². The molecule has 3 nitrogen and oxygen atoms in total. The van der Waals surface area contributed by atoms with Crippen LogP contribution in [0.2, 0.25) is 0 Å². The zero-order valence-corrected chi connectivity index (χ0v) is 12.8. The second kappa shape index (κ2) is 7.05. The summed E-state index contributed by atoms with van der Waals surface area (Å²) in [6.45, 7) is 8.10. The predicted octanol–water partition coefficient (Wildman–Crippen LogP) is 2.82. The van der Waals surface area contributed by atoms with Gasteiger partial charge in [-0.15, -0.1) is 0 Å². The van der Waals surface area contributed by atoms with Crippen LogP contribution in [0.5, 0.6) is 0 Å². The summed E-state index contributed by atoms with van der Waals surface area (Å²) in [5.74, 6) is 0.667. The highest BCUT2D eigenvalue weighted by Crippen LogP contribution is 2.28. The van der Waals surface area contributed by atoms with Gasteiger partial charge in [0.1, 0.15) is 0 Å². The normalized spacial score (nSPS) is 38.5. The number of hydrogen-bond donors (Lipinski definition) is 1. The number of β-amino-alcohol motifs (C(OH)–C–C–N with tert-alkyl or cyclic N) is 1. The lowest BCUT2D eigenvalue weighted by Crippen LogP contribution is -2.48. The summed E-state index contributed by atoms with van der Waals surface area (Å²) in [5, 5.41) is 10.2. The van der Waals surface area contributed by atoms with Gasteiger partial charge in [0.15, 0.2) is 0 Å². The van der Waals surface area contributed by atoms with Gasteiger partial charge in [-0.3, -0.25) is 4.90 Å². The quantitative estimate of drug-likeness (QED) is 0.833. The number of rotatable bonds is 5. The minimum Gasteiger partial charge on any atom is -0.389 e. The molecule has 0 aromatic heterocycles. The molecule has 0 unspecified atom stereocenters. The summed E-state index contributed by atoms with van der Waals surface area (Å²) in [7, 11) is 0. The molecule has 1 saturated carbocycles. The second-order valence-corrected chi connectivity index (χ2v) is 6.76. The molecule has 2 aliphatic rings. The lowest BCUT2D eigenvalue weighted by molar-refractivity contribution is -0.0439. The van der Waals surface area contributed by atoms with Gasteiger partial charge >= 0.3 is 0 Å². The summed E-state index contributed by atoms with van der Waals surface area (Å²) >= 11 is 0. The van der Waals surface area contributed by atoms with Gasteiger partial charge in [0.25, 0.3) is 0 Å². The monoisotopic (exact) mass is 269 g/mol. The maximum atomic E-state index is 10.2. The van der Waals surface area contributed by atoms with Gasteiger partial charge in [0.2, 0.25) is 0 Å². The average molecular weight is 269 g/mol. The molecular weight excluding hydrogens is 238 g/mol. The first-order valence-corrected chi connectivity index (χ1v) is 8.13. The average Bonchev–Trinajstić information content (AvgIpc) is 2.77. The molecule has 5 atom stereocenters. The van der Waals surface area contributed by atoms with Crippen molar-refractivity contribution in [1.29, 1.82) is 0 Å². The van der Waals surface area contributed by atoms with Crippen LogP contribution in [0.25, 0.3) is 0 Å². The van der Waals surface area contributed by atoms with E-state index in [1.807, 2.05) is 0 Å². The minimum atomic E-state index is -0.337. The van der Waals surface area contributed by atoms with Gasteiger partial charge in [-0.1, -0.05) is 19.8 Å². The van der Waals surface area contributed by atoms with Crippen LogP contribution in [-0.2, 0) is 4.74 Å². The molecule has 0 bridgehead atoms. The van der Waals surface area contributed by atoms with E-state index in [9.17, 15) is 5.11 Å². The van der Waals surface area contributed by atoms with Crippen molar-refractivity contribution < 1.29 is 9.84 Å². The fourth-order valence-electron chi connectivity index (χ4n) is 3.72. The molecular formula is C16H31NO2. The van der Waals surface area contributed by atoms with Crippen molar-refractivity contribution in [2.24, 2.45) is 5.92 Å². The summed E-state index contributed by atoms with van der Waals surface area (Å²) < 4.78 is 5.91. The molecule has 2 fully saturated rings. The maximum Gasteiger partial charge on any atom is 0.0900 e. The van der Waals surface area contributed by atoms with Gasteiger partial charge in [0, 0.05) is 18.6 Å². The molecule has 19 heavy (non-hydrogen) atoms. The fraction of sp³-hybridized carbons (Fsp3) is 1.00. The summed E-state index contributed by atoms with van der Waals surface area (Å²) in [5.41, 5.74) is 0. The van der Waals surface area contributed by atoms with Crippen LogP contribution in [0.4, 0.5) is 0 Å². The van der Waals surface area contributed by atoms with E-state index in [2.05, 4.69) is 25.7 Å².